The largest absolute Gasteiger partial charge is 0.350 e. The first-order valence-electron chi connectivity index (χ1n) is 7.56. The second-order valence-corrected chi connectivity index (χ2v) is 6.46. The normalized spacial score (nSPS) is 22.2. The monoisotopic (exact) mass is 293 g/mol. The molecular formula is C14H23N5O2. The number of nitrogens with zero attached hydrogens (tertiary/aromatic N) is 4. The molecule has 0 spiro atoms. The van der Waals surface area contributed by atoms with Gasteiger partial charge in [0.15, 0.2) is 5.69 Å². The number of amides is 1. The molecule has 0 aromatic carbocycles. The molecule has 2 fully saturated rings. The summed E-state index contributed by atoms with van der Waals surface area (Å²) in [6, 6.07) is 0. The molecule has 1 aromatic heterocycles. The van der Waals surface area contributed by atoms with Gasteiger partial charge < -0.3 is 15.1 Å². The molecule has 0 unspecified atom stereocenters. The topological polar surface area (TPSA) is 74.5 Å². The van der Waals surface area contributed by atoms with Crippen LogP contribution < -0.4 is 5.32 Å². The molecule has 1 saturated heterocycles. The molecule has 0 radical (unpaired) electrons. The lowest BCUT2D eigenvalue weighted by Crippen LogP contribution is -2.48. The molecule has 21 heavy (non-hydrogen) atoms. The van der Waals surface area contributed by atoms with E-state index in [9.17, 15) is 4.79 Å². The number of carbonyl (C=O) groups excluding carboxylic acids is 1. The van der Waals surface area contributed by atoms with Crippen molar-refractivity contribution in [1.29, 1.82) is 0 Å². The van der Waals surface area contributed by atoms with E-state index in [2.05, 4.69) is 37.1 Å². The van der Waals surface area contributed by atoms with Gasteiger partial charge in [-0.25, -0.2) is 4.63 Å². The molecule has 0 atom stereocenters. The Morgan fingerprint density at radius 3 is 2.57 bits per heavy atom. The quantitative estimate of drug-likeness (QED) is 0.832. The van der Waals surface area contributed by atoms with Gasteiger partial charge in [-0.1, -0.05) is 5.16 Å². The molecule has 1 aliphatic heterocycles. The van der Waals surface area contributed by atoms with Gasteiger partial charge in [0.2, 0.25) is 0 Å². The zero-order valence-corrected chi connectivity index (χ0v) is 12.8. The van der Waals surface area contributed by atoms with Gasteiger partial charge in [-0.3, -0.25) is 4.79 Å². The van der Waals surface area contributed by atoms with Gasteiger partial charge in [0.25, 0.3) is 5.91 Å². The van der Waals surface area contributed by atoms with Crippen molar-refractivity contribution in [1.82, 2.24) is 25.4 Å². The standard InChI is InChI=1S/C14H23N5O2/c1-11-12(17-21-16-11)13(20)15-9-14(3-4-14)10-19-7-5-18(2)6-8-19/h3-10H2,1-2H3,(H,15,20). The average Bonchev–Trinajstić information content (AvgIpc) is 3.10. The SMILES string of the molecule is Cc1nonc1C(=O)NCC1(CN2CCN(C)CC2)CC1. The molecule has 2 heterocycles. The van der Waals surface area contributed by atoms with Crippen LogP contribution in [0.2, 0.25) is 0 Å². The van der Waals surface area contributed by atoms with E-state index in [-0.39, 0.29) is 11.3 Å². The maximum atomic E-state index is 12.0. The van der Waals surface area contributed by atoms with Gasteiger partial charge in [0, 0.05) is 44.7 Å². The fourth-order valence-corrected chi connectivity index (χ4v) is 2.84. The Morgan fingerprint density at radius 1 is 1.29 bits per heavy atom. The van der Waals surface area contributed by atoms with E-state index >= 15 is 0 Å². The summed E-state index contributed by atoms with van der Waals surface area (Å²) in [7, 11) is 2.17. The second-order valence-electron chi connectivity index (χ2n) is 6.46. The first-order valence-corrected chi connectivity index (χ1v) is 7.56. The fraction of sp³-hybridized carbons (Fsp3) is 0.786. The van der Waals surface area contributed by atoms with Gasteiger partial charge in [-0.15, -0.1) is 0 Å². The predicted molar refractivity (Wildman–Crippen MR) is 77.0 cm³/mol. The molecule has 1 aliphatic carbocycles. The van der Waals surface area contributed by atoms with Gasteiger partial charge in [-0.05, 0) is 32.0 Å². The molecule has 7 heteroatoms. The van der Waals surface area contributed by atoms with Crippen LogP contribution in [0.1, 0.15) is 29.0 Å². The average molecular weight is 293 g/mol. The first kappa shape index (κ1) is 14.5. The van der Waals surface area contributed by atoms with Crippen LogP contribution in [0.4, 0.5) is 0 Å². The van der Waals surface area contributed by atoms with E-state index in [1.165, 1.54) is 12.8 Å². The molecule has 0 bridgehead atoms. The van der Waals surface area contributed by atoms with E-state index in [0.29, 0.717) is 17.9 Å². The number of piperazine rings is 1. The van der Waals surface area contributed by atoms with Crippen molar-refractivity contribution in [3.8, 4) is 0 Å². The van der Waals surface area contributed by atoms with E-state index < -0.39 is 0 Å². The minimum Gasteiger partial charge on any atom is -0.350 e. The van der Waals surface area contributed by atoms with Crippen molar-refractivity contribution in [3.05, 3.63) is 11.4 Å². The fourth-order valence-electron chi connectivity index (χ4n) is 2.84. The lowest BCUT2D eigenvalue weighted by Gasteiger charge is -2.34. The highest BCUT2D eigenvalue weighted by Gasteiger charge is 2.44. The van der Waals surface area contributed by atoms with Crippen LogP contribution in [0.25, 0.3) is 0 Å². The van der Waals surface area contributed by atoms with Crippen LogP contribution in [0.5, 0.6) is 0 Å². The Morgan fingerprint density at radius 2 is 2.00 bits per heavy atom. The van der Waals surface area contributed by atoms with E-state index in [0.717, 1.165) is 32.7 Å². The highest BCUT2D eigenvalue weighted by molar-refractivity contribution is 5.93. The summed E-state index contributed by atoms with van der Waals surface area (Å²) >= 11 is 0. The number of likely N-dealkylation sites (N-methyl/N-ethyl adjacent to an activating group) is 1. The smallest absolute Gasteiger partial charge is 0.275 e. The minimum absolute atomic E-state index is 0.182. The van der Waals surface area contributed by atoms with Crippen molar-refractivity contribution in [3.63, 3.8) is 0 Å². The molecule has 1 N–H and O–H groups in total. The van der Waals surface area contributed by atoms with Gasteiger partial charge in [-0.2, -0.15) is 0 Å². The van der Waals surface area contributed by atoms with Crippen molar-refractivity contribution in [2.45, 2.75) is 19.8 Å². The second kappa shape index (κ2) is 5.73. The maximum absolute atomic E-state index is 12.0. The summed E-state index contributed by atoms with van der Waals surface area (Å²) in [5, 5.41) is 10.3. The Bertz CT molecular complexity index is 503. The zero-order chi connectivity index (χ0) is 14.9. The number of rotatable bonds is 5. The van der Waals surface area contributed by atoms with Crippen LogP contribution in [0.15, 0.2) is 4.63 Å². The number of nitrogens with one attached hydrogen (secondary N) is 1. The van der Waals surface area contributed by atoms with E-state index in [4.69, 9.17) is 0 Å². The third kappa shape index (κ3) is 3.41. The summed E-state index contributed by atoms with van der Waals surface area (Å²) in [4.78, 5) is 16.9. The Hall–Kier alpha value is -1.47. The number of aromatic nitrogens is 2. The summed E-state index contributed by atoms with van der Waals surface area (Å²) in [5.41, 5.74) is 1.10. The van der Waals surface area contributed by atoms with Gasteiger partial charge >= 0.3 is 0 Å². The summed E-state index contributed by atoms with van der Waals surface area (Å²) in [6.07, 6.45) is 2.38. The summed E-state index contributed by atoms with van der Waals surface area (Å²) in [6.45, 7) is 8.03. The van der Waals surface area contributed by atoms with Crippen molar-refractivity contribution in [2.24, 2.45) is 5.41 Å². The molecule has 116 valence electrons. The molecular weight excluding hydrogens is 270 g/mol. The number of hydrogen-bond donors (Lipinski definition) is 1. The summed E-state index contributed by atoms with van der Waals surface area (Å²) in [5.74, 6) is -0.182. The molecule has 3 rings (SSSR count). The molecule has 7 nitrogen and oxygen atoms in total. The Labute approximate surface area is 124 Å². The van der Waals surface area contributed by atoms with Crippen LogP contribution in [0.3, 0.4) is 0 Å². The van der Waals surface area contributed by atoms with Crippen LogP contribution in [0, 0.1) is 12.3 Å². The number of aryl methyl sites for hydroxylation is 1. The van der Waals surface area contributed by atoms with Gasteiger partial charge in [0.1, 0.15) is 5.69 Å². The minimum atomic E-state index is -0.182. The van der Waals surface area contributed by atoms with E-state index in [1.54, 1.807) is 6.92 Å². The molecule has 1 saturated carbocycles. The van der Waals surface area contributed by atoms with E-state index in [1.807, 2.05) is 0 Å². The number of hydrogen-bond acceptors (Lipinski definition) is 6. The van der Waals surface area contributed by atoms with Crippen molar-refractivity contribution >= 4 is 5.91 Å². The van der Waals surface area contributed by atoms with Crippen LogP contribution in [-0.2, 0) is 0 Å². The van der Waals surface area contributed by atoms with Gasteiger partial charge in [0.05, 0.1) is 0 Å². The predicted octanol–water partition coefficient (Wildman–Crippen LogP) is 0.135. The number of carbonyl (C=O) groups is 1. The first-order chi connectivity index (χ1) is 10.1. The lowest BCUT2D eigenvalue weighted by molar-refractivity contribution is 0.0917. The Kier molecular flexibility index (Phi) is 3.95. The Balaban J connectivity index is 1.48. The third-order valence-electron chi connectivity index (χ3n) is 4.60. The van der Waals surface area contributed by atoms with Crippen LogP contribution >= 0.6 is 0 Å². The molecule has 1 aromatic rings. The highest BCUT2D eigenvalue weighted by atomic mass is 16.6. The molecule has 1 amide bonds. The molecule has 2 aliphatic rings. The highest BCUT2D eigenvalue weighted by Crippen LogP contribution is 2.45. The maximum Gasteiger partial charge on any atom is 0.275 e. The summed E-state index contributed by atoms with van der Waals surface area (Å²) < 4.78 is 4.57. The zero-order valence-electron chi connectivity index (χ0n) is 12.8. The van der Waals surface area contributed by atoms with Crippen molar-refractivity contribution in [2.75, 3.05) is 46.3 Å². The van der Waals surface area contributed by atoms with Crippen molar-refractivity contribution < 1.29 is 9.42 Å². The third-order valence-corrected chi connectivity index (χ3v) is 4.60. The van der Waals surface area contributed by atoms with Crippen LogP contribution in [-0.4, -0.2) is 72.3 Å². The lowest BCUT2D eigenvalue weighted by atomic mass is 10.1.